The molecule has 80 valence electrons. The first-order valence-electron chi connectivity index (χ1n) is 5.99. The van der Waals surface area contributed by atoms with Gasteiger partial charge in [-0.3, -0.25) is 0 Å². The molecule has 0 aliphatic rings. The topological polar surface area (TPSA) is 12.0 Å². The molecule has 1 N–H and O–H groups in total. The first-order valence-corrected chi connectivity index (χ1v) is 5.99. The third-order valence-electron chi connectivity index (χ3n) is 2.86. The second-order valence-corrected chi connectivity index (χ2v) is 4.09. The molecule has 0 rings (SSSR count). The van der Waals surface area contributed by atoms with Crippen molar-refractivity contribution in [1.29, 1.82) is 0 Å². The SMILES string of the molecule is CCCCC(NCCC)C(C)CC. The molecule has 0 spiro atoms. The van der Waals surface area contributed by atoms with E-state index in [0.717, 1.165) is 12.0 Å². The lowest BCUT2D eigenvalue weighted by molar-refractivity contribution is 0.341. The van der Waals surface area contributed by atoms with Gasteiger partial charge in [-0.25, -0.2) is 0 Å². The third-order valence-corrected chi connectivity index (χ3v) is 2.86. The lowest BCUT2D eigenvalue weighted by Crippen LogP contribution is -2.35. The van der Waals surface area contributed by atoms with Gasteiger partial charge in [0.1, 0.15) is 0 Å². The molecular formula is C12H27N. The van der Waals surface area contributed by atoms with Crippen molar-refractivity contribution in [3.05, 3.63) is 0 Å². The van der Waals surface area contributed by atoms with Crippen LogP contribution in [-0.4, -0.2) is 12.6 Å². The molecule has 0 aromatic carbocycles. The summed E-state index contributed by atoms with van der Waals surface area (Å²) in [5.41, 5.74) is 0. The molecule has 0 amide bonds. The first kappa shape index (κ1) is 13.0. The summed E-state index contributed by atoms with van der Waals surface area (Å²) in [5, 5.41) is 3.65. The van der Waals surface area contributed by atoms with Gasteiger partial charge >= 0.3 is 0 Å². The molecule has 13 heavy (non-hydrogen) atoms. The van der Waals surface area contributed by atoms with E-state index in [1.165, 1.54) is 38.6 Å². The molecule has 0 aliphatic carbocycles. The summed E-state index contributed by atoms with van der Waals surface area (Å²) in [4.78, 5) is 0. The van der Waals surface area contributed by atoms with Gasteiger partial charge in [-0.1, -0.05) is 47.0 Å². The predicted octanol–water partition coefficient (Wildman–Crippen LogP) is 3.59. The van der Waals surface area contributed by atoms with Gasteiger partial charge in [0.2, 0.25) is 0 Å². The molecule has 0 saturated carbocycles. The van der Waals surface area contributed by atoms with Crippen LogP contribution in [0.5, 0.6) is 0 Å². The minimum absolute atomic E-state index is 0.755. The number of hydrogen-bond donors (Lipinski definition) is 1. The van der Waals surface area contributed by atoms with E-state index in [4.69, 9.17) is 0 Å². The lowest BCUT2D eigenvalue weighted by atomic mass is 9.94. The van der Waals surface area contributed by atoms with E-state index in [9.17, 15) is 0 Å². The van der Waals surface area contributed by atoms with Gasteiger partial charge in [-0.15, -0.1) is 0 Å². The quantitative estimate of drug-likeness (QED) is 0.609. The van der Waals surface area contributed by atoms with Crippen LogP contribution in [0.4, 0.5) is 0 Å². The van der Waals surface area contributed by atoms with Crippen molar-refractivity contribution in [3.63, 3.8) is 0 Å². The van der Waals surface area contributed by atoms with Crippen molar-refractivity contribution in [2.45, 2.75) is 65.8 Å². The van der Waals surface area contributed by atoms with Crippen LogP contribution in [0.3, 0.4) is 0 Å². The summed E-state index contributed by atoms with van der Waals surface area (Å²) in [5.74, 6) is 0.832. The number of rotatable bonds is 8. The molecule has 0 heterocycles. The van der Waals surface area contributed by atoms with Gasteiger partial charge in [0.05, 0.1) is 0 Å². The van der Waals surface area contributed by atoms with Crippen molar-refractivity contribution >= 4 is 0 Å². The molecule has 0 radical (unpaired) electrons. The minimum Gasteiger partial charge on any atom is -0.314 e. The Morgan fingerprint density at radius 1 is 1.08 bits per heavy atom. The smallest absolute Gasteiger partial charge is 0.00925 e. The second-order valence-electron chi connectivity index (χ2n) is 4.09. The highest BCUT2D eigenvalue weighted by Crippen LogP contribution is 2.13. The van der Waals surface area contributed by atoms with E-state index in [1.807, 2.05) is 0 Å². The van der Waals surface area contributed by atoms with E-state index < -0.39 is 0 Å². The van der Waals surface area contributed by atoms with Gasteiger partial charge in [0, 0.05) is 6.04 Å². The molecule has 0 aromatic rings. The fraction of sp³-hybridized carbons (Fsp3) is 1.00. The maximum Gasteiger partial charge on any atom is 0.00925 e. The number of hydrogen-bond acceptors (Lipinski definition) is 1. The molecule has 2 unspecified atom stereocenters. The van der Waals surface area contributed by atoms with E-state index in [1.54, 1.807) is 0 Å². The molecule has 1 heteroatoms. The first-order chi connectivity index (χ1) is 6.26. The zero-order chi connectivity index (χ0) is 10.1. The maximum atomic E-state index is 3.65. The largest absolute Gasteiger partial charge is 0.314 e. The van der Waals surface area contributed by atoms with Crippen molar-refractivity contribution in [2.24, 2.45) is 5.92 Å². The summed E-state index contributed by atoms with van der Waals surface area (Å²) in [7, 11) is 0. The Balaban J connectivity index is 3.72. The van der Waals surface area contributed by atoms with Crippen LogP contribution >= 0.6 is 0 Å². The standard InChI is InChI=1S/C12H27N/c1-5-8-9-12(11(4)7-3)13-10-6-2/h11-13H,5-10H2,1-4H3. The Bertz CT molecular complexity index is 93.3. The van der Waals surface area contributed by atoms with Crippen molar-refractivity contribution in [2.75, 3.05) is 6.54 Å². The van der Waals surface area contributed by atoms with Crippen LogP contribution in [0.2, 0.25) is 0 Å². The van der Waals surface area contributed by atoms with Gasteiger partial charge in [-0.05, 0) is 25.3 Å². The second kappa shape index (κ2) is 8.55. The Labute approximate surface area is 84.3 Å². The lowest BCUT2D eigenvalue weighted by Gasteiger charge is -2.24. The normalized spacial score (nSPS) is 15.7. The van der Waals surface area contributed by atoms with Crippen LogP contribution in [-0.2, 0) is 0 Å². The van der Waals surface area contributed by atoms with Gasteiger partial charge in [-0.2, -0.15) is 0 Å². The Morgan fingerprint density at radius 3 is 2.23 bits per heavy atom. The summed E-state index contributed by atoms with van der Waals surface area (Å²) < 4.78 is 0. The average molecular weight is 185 g/mol. The molecule has 2 atom stereocenters. The third kappa shape index (κ3) is 6.09. The molecule has 0 saturated heterocycles. The number of nitrogens with one attached hydrogen (secondary N) is 1. The summed E-state index contributed by atoms with van der Waals surface area (Å²) in [6, 6.07) is 0.755. The predicted molar refractivity (Wildman–Crippen MR) is 61.1 cm³/mol. The van der Waals surface area contributed by atoms with Crippen molar-refractivity contribution in [3.8, 4) is 0 Å². The fourth-order valence-electron chi connectivity index (χ4n) is 1.63. The zero-order valence-electron chi connectivity index (χ0n) is 9.90. The van der Waals surface area contributed by atoms with Gasteiger partial charge in [0.15, 0.2) is 0 Å². The highest BCUT2D eigenvalue weighted by molar-refractivity contribution is 4.71. The fourth-order valence-corrected chi connectivity index (χ4v) is 1.63. The molecular weight excluding hydrogens is 158 g/mol. The molecule has 0 aliphatic heterocycles. The Morgan fingerprint density at radius 2 is 1.77 bits per heavy atom. The minimum atomic E-state index is 0.755. The summed E-state index contributed by atoms with van der Waals surface area (Å²) in [6.07, 6.45) is 6.59. The summed E-state index contributed by atoms with van der Waals surface area (Å²) in [6.45, 7) is 10.3. The van der Waals surface area contributed by atoms with Crippen LogP contribution in [0.25, 0.3) is 0 Å². The molecule has 1 nitrogen and oxygen atoms in total. The van der Waals surface area contributed by atoms with Gasteiger partial charge in [0.25, 0.3) is 0 Å². The number of unbranched alkanes of at least 4 members (excludes halogenated alkanes) is 1. The highest BCUT2D eigenvalue weighted by Gasteiger charge is 2.13. The van der Waals surface area contributed by atoms with Crippen LogP contribution in [0, 0.1) is 5.92 Å². The highest BCUT2D eigenvalue weighted by atomic mass is 14.9. The molecule has 0 bridgehead atoms. The van der Waals surface area contributed by atoms with E-state index in [2.05, 4.69) is 33.0 Å². The van der Waals surface area contributed by atoms with E-state index in [-0.39, 0.29) is 0 Å². The van der Waals surface area contributed by atoms with E-state index >= 15 is 0 Å². The van der Waals surface area contributed by atoms with E-state index in [0.29, 0.717) is 0 Å². The summed E-state index contributed by atoms with van der Waals surface area (Å²) >= 11 is 0. The monoisotopic (exact) mass is 185 g/mol. The van der Waals surface area contributed by atoms with Crippen LogP contribution in [0.15, 0.2) is 0 Å². The average Bonchev–Trinajstić information content (AvgIpc) is 2.17. The molecule has 0 fully saturated rings. The van der Waals surface area contributed by atoms with Crippen molar-refractivity contribution < 1.29 is 0 Å². The van der Waals surface area contributed by atoms with Crippen molar-refractivity contribution in [1.82, 2.24) is 5.32 Å². The van der Waals surface area contributed by atoms with Crippen LogP contribution < -0.4 is 5.32 Å². The van der Waals surface area contributed by atoms with Gasteiger partial charge < -0.3 is 5.32 Å². The maximum absolute atomic E-state index is 3.65. The Kier molecular flexibility index (Phi) is 8.53. The van der Waals surface area contributed by atoms with Crippen LogP contribution in [0.1, 0.15) is 59.8 Å². The molecule has 0 aromatic heterocycles. The Hall–Kier alpha value is -0.0400. The zero-order valence-corrected chi connectivity index (χ0v) is 9.90.